The molecule has 204 valence electrons. The number of anilines is 2. The summed E-state index contributed by atoms with van der Waals surface area (Å²) in [5.74, 6) is 2.47. The minimum absolute atomic E-state index is 0.0180. The standard InChI is InChI=1S/C29H24F2N4O5/c1-3-38-27-11-5-20-15-24(19-4-10-25-21(14-19)16-34(33-25)12-13-39-18(2)37)26(17-36)35(28(20)32-27)22-6-8-23(9-7-22)40-29(30)31/h4-11,14-16,29H,3,12-13H2,1-2H3. The van der Waals surface area contributed by atoms with Crippen LogP contribution >= 0.6 is 0 Å². The molecule has 0 amide bonds. The molecule has 9 nitrogen and oxygen atoms in total. The number of rotatable bonds is 9. The predicted octanol–water partition coefficient (Wildman–Crippen LogP) is 5.40. The Morgan fingerprint density at radius 2 is 1.90 bits per heavy atom. The normalized spacial score (nSPS) is 12.7. The Morgan fingerprint density at radius 1 is 1.10 bits per heavy atom. The van der Waals surface area contributed by atoms with Gasteiger partial charge in [0.1, 0.15) is 23.9 Å². The van der Waals surface area contributed by atoms with E-state index in [9.17, 15) is 18.4 Å². The van der Waals surface area contributed by atoms with Crippen LogP contribution in [0.15, 0.2) is 66.5 Å². The summed E-state index contributed by atoms with van der Waals surface area (Å²) < 4.78 is 42.2. The molecule has 4 aromatic rings. The number of pyridine rings is 1. The van der Waals surface area contributed by atoms with Crippen LogP contribution in [0.3, 0.4) is 0 Å². The number of benzene rings is 2. The third kappa shape index (κ3) is 5.55. The van der Waals surface area contributed by atoms with Crippen molar-refractivity contribution in [1.82, 2.24) is 14.8 Å². The molecular weight excluding hydrogens is 522 g/mol. The van der Waals surface area contributed by atoms with Gasteiger partial charge in [-0.25, -0.2) is 4.79 Å². The second-order valence-corrected chi connectivity index (χ2v) is 8.72. The Kier molecular flexibility index (Phi) is 7.56. The van der Waals surface area contributed by atoms with E-state index in [0.717, 1.165) is 16.5 Å². The number of esters is 1. The van der Waals surface area contributed by atoms with Crippen molar-refractivity contribution in [2.45, 2.75) is 27.0 Å². The number of carbonyl (C=O) groups is 1. The quantitative estimate of drug-likeness (QED) is 0.203. The molecule has 2 aromatic carbocycles. The highest BCUT2D eigenvalue weighted by Crippen LogP contribution is 2.43. The predicted molar refractivity (Wildman–Crippen MR) is 144 cm³/mol. The van der Waals surface area contributed by atoms with E-state index < -0.39 is 6.61 Å². The maximum atomic E-state index is 12.7. The zero-order chi connectivity index (χ0) is 28.2. The van der Waals surface area contributed by atoms with E-state index in [2.05, 4.69) is 20.8 Å². The van der Waals surface area contributed by atoms with Crippen molar-refractivity contribution < 1.29 is 32.6 Å². The van der Waals surface area contributed by atoms with E-state index in [4.69, 9.17) is 9.47 Å². The first kappa shape index (κ1) is 26.6. The van der Waals surface area contributed by atoms with Gasteiger partial charge in [0.05, 0.1) is 18.7 Å². The summed E-state index contributed by atoms with van der Waals surface area (Å²) in [7, 11) is 0. The number of nitrogens with zero attached hydrogens (tertiary/aromatic N) is 4. The molecule has 0 unspecified atom stereocenters. The molecule has 0 spiro atoms. The number of aromatic nitrogens is 3. The molecule has 1 aliphatic heterocycles. The first-order valence-corrected chi connectivity index (χ1v) is 12.4. The largest absolute Gasteiger partial charge is 0.478 e. The van der Waals surface area contributed by atoms with Gasteiger partial charge in [0.2, 0.25) is 5.88 Å². The average Bonchev–Trinajstić information content (AvgIpc) is 3.34. The second kappa shape index (κ2) is 11.4. The molecule has 3 heterocycles. The number of ether oxygens (including phenoxy) is 3. The smallest absolute Gasteiger partial charge is 0.387 e. The van der Waals surface area contributed by atoms with Gasteiger partial charge in [-0.1, -0.05) is 6.07 Å². The monoisotopic (exact) mass is 546 g/mol. The molecule has 5 rings (SSSR count). The van der Waals surface area contributed by atoms with Crippen LogP contribution in [-0.2, 0) is 20.9 Å². The van der Waals surface area contributed by atoms with Gasteiger partial charge in [0, 0.05) is 41.4 Å². The molecule has 0 aliphatic carbocycles. The van der Waals surface area contributed by atoms with Crippen molar-refractivity contribution >= 4 is 46.0 Å². The summed E-state index contributed by atoms with van der Waals surface area (Å²) in [5, 5.41) is 5.33. The molecule has 1 aliphatic rings. The first-order valence-electron chi connectivity index (χ1n) is 12.4. The molecule has 0 saturated heterocycles. The minimum atomic E-state index is -2.96. The fourth-order valence-corrected chi connectivity index (χ4v) is 4.40. The fraction of sp³-hybridized carbons (Fsp3) is 0.207. The van der Waals surface area contributed by atoms with Gasteiger partial charge in [-0.2, -0.15) is 18.9 Å². The number of hydrogen-bond donors (Lipinski definition) is 0. The summed E-state index contributed by atoms with van der Waals surface area (Å²) in [6, 6.07) is 15.1. The van der Waals surface area contributed by atoms with Crippen molar-refractivity contribution in [1.29, 1.82) is 0 Å². The molecule has 0 radical (unpaired) electrons. The molecule has 40 heavy (non-hydrogen) atoms. The van der Waals surface area contributed by atoms with E-state index >= 15 is 0 Å². The highest BCUT2D eigenvalue weighted by molar-refractivity contribution is 6.06. The van der Waals surface area contributed by atoms with Crippen LogP contribution in [0.2, 0.25) is 0 Å². The molecule has 2 aromatic heterocycles. The zero-order valence-electron chi connectivity index (χ0n) is 21.6. The van der Waals surface area contributed by atoms with Crippen LogP contribution in [0, 0.1) is 0 Å². The highest BCUT2D eigenvalue weighted by atomic mass is 19.3. The Labute approximate surface area is 227 Å². The Balaban J connectivity index is 1.57. The number of carbonyl (C=O) groups excluding carboxylic acids is 2. The lowest BCUT2D eigenvalue weighted by Gasteiger charge is -2.31. The third-order valence-corrected chi connectivity index (χ3v) is 6.07. The minimum Gasteiger partial charge on any atom is -0.478 e. The lowest BCUT2D eigenvalue weighted by molar-refractivity contribution is -0.141. The van der Waals surface area contributed by atoms with Crippen LogP contribution in [0.4, 0.5) is 20.3 Å². The molecular formula is C29H24F2N4O5. The Bertz CT molecular complexity index is 1640. The van der Waals surface area contributed by atoms with E-state index in [1.807, 2.05) is 43.5 Å². The first-order chi connectivity index (χ1) is 19.4. The highest BCUT2D eigenvalue weighted by Gasteiger charge is 2.29. The molecule has 0 atom stereocenters. The number of halogens is 2. The van der Waals surface area contributed by atoms with E-state index in [1.54, 1.807) is 27.8 Å². The summed E-state index contributed by atoms with van der Waals surface area (Å²) in [6.07, 6.45) is 3.68. The van der Waals surface area contributed by atoms with Gasteiger partial charge >= 0.3 is 12.6 Å². The third-order valence-electron chi connectivity index (χ3n) is 6.07. The van der Waals surface area contributed by atoms with E-state index in [-0.39, 0.29) is 24.0 Å². The van der Waals surface area contributed by atoms with Crippen LogP contribution in [0.1, 0.15) is 25.0 Å². The van der Waals surface area contributed by atoms with Gasteiger partial charge in [0.15, 0.2) is 5.94 Å². The summed E-state index contributed by atoms with van der Waals surface area (Å²) in [4.78, 5) is 29.8. The molecule has 0 bridgehead atoms. The Hall–Kier alpha value is -5.02. The molecule has 0 N–H and O–H groups in total. The van der Waals surface area contributed by atoms with Crippen molar-refractivity contribution in [3.05, 3.63) is 77.6 Å². The van der Waals surface area contributed by atoms with Gasteiger partial charge in [0.25, 0.3) is 0 Å². The zero-order valence-corrected chi connectivity index (χ0v) is 21.6. The second-order valence-electron chi connectivity index (χ2n) is 8.72. The van der Waals surface area contributed by atoms with E-state index in [1.165, 1.54) is 19.1 Å². The van der Waals surface area contributed by atoms with E-state index in [0.29, 0.717) is 41.7 Å². The lowest BCUT2D eigenvalue weighted by atomic mass is 9.95. The maximum absolute atomic E-state index is 12.7. The van der Waals surface area contributed by atoms with Crippen LogP contribution in [0.5, 0.6) is 11.6 Å². The van der Waals surface area contributed by atoms with Crippen molar-refractivity contribution in [2.24, 2.45) is 0 Å². The van der Waals surface area contributed by atoms with Crippen LogP contribution in [0.25, 0.3) is 22.6 Å². The fourth-order valence-electron chi connectivity index (χ4n) is 4.40. The number of hydrogen-bond acceptors (Lipinski definition) is 8. The Morgan fingerprint density at radius 3 is 2.60 bits per heavy atom. The summed E-state index contributed by atoms with van der Waals surface area (Å²) in [5.41, 5.74) is 3.42. The maximum Gasteiger partial charge on any atom is 0.387 e. The van der Waals surface area contributed by atoms with Gasteiger partial charge in [-0.3, -0.25) is 14.4 Å². The SMILES string of the molecule is CCOc1ccc2c(n1)N(c1ccc(OC(F)F)cc1)C(=C=O)C(c1ccc3nn(CCOC(C)=O)cc3c1)=C2. The summed E-state index contributed by atoms with van der Waals surface area (Å²) in [6.45, 7) is 1.22. The number of allylic oxidation sites excluding steroid dienone is 1. The van der Waals surface area contributed by atoms with Crippen LogP contribution < -0.4 is 14.4 Å². The molecule has 0 saturated carbocycles. The lowest BCUT2D eigenvalue weighted by Crippen LogP contribution is -2.23. The van der Waals surface area contributed by atoms with Crippen molar-refractivity contribution in [2.75, 3.05) is 18.1 Å². The number of fused-ring (bicyclic) bond motifs is 2. The molecule has 11 heteroatoms. The van der Waals surface area contributed by atoms with Crippen molar-refractivity contribution in [3.8, 4) is 11.6 Å². The topological polar surface area (TPSA) is 95.8 Å². The van der Waals surface area contributed by atoms with Gasteiger partial charge in [-0.15, -0.1) is 0 Å². The van der Waals surface area contributed by atoms with Gasteiger partial charge < -0.3 is 14.2 Å². The summed E-state index contributed by atoms with van der Waals surface area (Å²) >= 11 is 0. The van der Waals surface area contributed by atoms with Crippen LogP contribution in [-0.4, -0.2) is 46.5 Å². The van der Waals surface area contributed by atoms with Crippen molar-refractivity contribution in [3.63, 3.8) is 0 Å². The number of alkyl halides is 2. The van der Waals surface area contributed by atoms with Gasteiger partial charge in [-0.05, 0) is 61.0 Å². The molecule has 0 fully saturated rings. The average molecular weight is 547 g/mol.